The zero-order valence-electron chi connectivity index (χ0n) is 9.80. The predicted octanol–water partition coefficient (Wildman–Crippen LogP) is 1.48. The summed E-state index contributed by atoms with van der Waals surface area (Å²) in [6, 6.07) is 2.18. The first-order chi connectivity index (χ1) is 7.66. The molecule has 4 nitrogen and oxygen atoms in total. The first-order valence-electron chi connectivity index (χ1n) is 5.54. The van der Waals surface area contributed by atoms with Crippen molar-refractivity contribution < 1.29 is 0 Å². The van der Waals surface area contributed by atoms with Crippen LogP contribution >= 0.6 is 0 Å². The van der Waals surface area contributed by atoms with Gasteiger partial charge in [-0.3, -0.25) is 0 Å². The summed E-state index contributed by atoms with van der Waals surface area (Å²) in [5, 5.41) is 0. The lowest BCUT2D eigenvalue weighted by Gasteiger charge is -2.04. The van der Waals surface area contributed by atoms with Crippen molar-refractivity contribution in [3.63, 3.8) is 0 Å². The molecular formula is C12H18N4. The summed E-state index contributed by atoms with van der Waals surface area (Å²) in [6.07, 6.45) is 8.92. The SMILES string of the molecule is CC(N)c1ccn(CCc2nccn2C)c1. The van der Waals surface area contributed by atoms with Gasteiger partial charge in [0.1, 0.15) is 5.82 Å². The second-order valence-electron chi connectivity index (χ2n) is 4.18. The Kier molecular flexibility index (Phi) is 3.10. The third kappa shape index (κ3) is 2.33. The third-order valence-corrected chi connectivity index (χ3v) is 2.81. The van der Waals surface area contributed by atoms with Gasteiger partial charge >= 0.3 is 0 Å². The average molecular weight is 218 g/mol. The van der Waals surface area contributed by atoms with Gasteiger partial charge in [0.15, 0.2) is 0 Å². The number of nitrogens with two attached hydrogens (primary N) is 1. The minimum Gasteiger partial charge on any atom is -0.353 e. The van der Waals surface area contributed by atoms with Gasteiger partial charge in [0.2, 0.25) is 0 Å². The van der Waals surface area contributed by atoms with E-state index in [2.05, 4.69) is 32.6 Å². The summed E-state index contributed by atoms with van der Waals surface area (Å²) in [5.74, 6) is 1.11. The topological polar surface area (TPSA) is 48.8 Å². The number of aromatic nitrogens is 3. The highest BCUT2D eigenvalue weighted by Crippen LogP contribution is 2.10. The van der Waals surface area contributed by atoms with Crippen LogP contribution in [-0.2, 0) is 20.0 Å². The normalized spacial score (nSPS) is 12.9. The summed E-state index contributed by atoms with van der Waals surface area (Å²) in [5.41, 5.74) is 6.99. The van der Waals surface area contributed by atoms with Gasteiger partial charge in [0.25, 0.3) is 0 Å². The highest BCUT2D eigenvalue weighted by atomic mass is 15.0. The second-order valence-corrected chi connectivity index (χ2v) is 4.18. The van der Waals surface area contributed by atoms with E-state index in [-0.39, 0.29) is 6.04 Å². The summed E-state index contributed by atoms with van der Waals surface area (Å²) in [6.45, 7) is 2.94. The number of rotatable bonds is 4. The maximum absolute atomic E-state index is 5.81. The molecule has 0 radical (unpaired) electrons. The number of nitrogens with zero attached hydrogens (tertiary/aromatic N) is 3. The van der Waals surface area contributed by atoms with Crippen molar-refractivity contribution >= 4 is 0 Å². The van der Waals surface area contributed by atoms with Crippen molar-refractivity contribution in [2.75, 3.05) is 0 Å². The Morgan fingerprint density at radius 3 is 2.81 bits per heavy atom. The van der Waals surface area contributed by atoms with Crippen LogP contribution < -0.4 is 5.73 Å². The molecule has 0 aliphatic carbocycles. The Morgan fingerprint density at radius 1 is 1.44 bits per heavy atom. The van der Waals surface area contributed by atoms with Crippen LogP contribution in [0.4, 0.5) is 0 Å². The lowest BCUT2D eigenvalue weighted by Crippen LogP contribution is -2.05. The molecule has 1 unspecified atom stereocenters. The molecule has 2 aromatic heterocycles. The standard InChI is InChI=1S/C12H18N4/c1-10(13)11-3-6-16(9-11)7-4-12-14-5-8-15(12)2/h3,5-6,8-10H,4,7,13H2,1-2H3. The number of aryl methyl sites for hydroxylation is 3. The minimum absolute atomic E-state index is 0.106. The largest absolute Gasteiger partial charge is 0.353 e. The predicted molar refractivity (Wildman–Crippen MR) is 63.9 cm³/mol. The fourth-order valence-corrected chi connectivity index (χ4v) is 1.73. The average Bonchev–Trinajstić information content (AvgIpc) is 2.83. The maximum Gasteiger partial charge on any atom is 0.110 e. The molecule has 4 heteroatoms. The van der Waals surface area contributed by atoms with Crippen molar-refractivity contribution in [1.82, 2.24) is 14.1 Å². The molecule has 0 aromatic carbocycles. The Bertz CT molecular complexity index is 453. The maximum atomic E-state index is 5.81. The van der Waals surface area contributed by atoms with Gasteiger partial charge in [-0.05, 0) is 18.6 Å². The van der Waals surface area contributed by atoms with Gasteiger partial charge in [-0.1, -0.05) is 0 Å². The molecule has 2 N–H and O–H groups in total. The third-order valence-electron chi connectivity index (χ3n) is 2.81. The van der Waals surface area contributed by atoms with Gasteiger partial charge in [0, 0.05) is 50.8 Å². The van der Waals surface area contributed by atoms with E-state index in [9.17, 15) is 0 Å². The smallest absolute Gasteiger partial charge is 0.110 e. The van der Waals surface area contributed by atoms with E-state index in [0.29, 0.717) is 0 Å². The summed E-state index contributed by atoms with van der Waals surface area (Å²) in [7, 11) is 2.02. The highest BCUT2D eigenvalue weighted by molar-refractivity contribution is 5.13. The number of hydrogen-bond acceptors (Lipinski definition) is 2. The van der Waals surface area contributed by atoms with Crippen LogP contribution in [-0.4, -0.2) is 14.1 Å². The number of imidazole rings is 1. The Labute approximate surface area is 95.7 Å². The monoisotopic (exact) mass is 218 g/mol. The molecule has 16 heavy (non-hydrogen) atoms. The number of hydrogen-bond donors (Lipinski definition) is 1. The second kappa shape index (κ2) is 4.53. The Morgan fingerprint density at radius 2 is 2.25 bits per heavy atom. The van der Waals surface area contributed by atoms with E-state index in [1.165, 1.54) is 5.56 Å². The molecule has 2 rings (SSSR count). The Hall–Kier alpha value is -1.55. The highest BCUT2D eigenvalue weighted by Gasteiger charge is 2.03. The lowest BCUT2D eigenvalue weighted by atomic mass is 10.2. The first kappa shape index (κ1) is 11.0. The van der Waals surface area contributed by atoms with Gasteiger partial charge in [0.05, 0.1) is 0 Å². The van der Waals surface area contributed by atoms with Crippen molar-refractivity contribution in [2.24, 2.45) is 12.8 Å². The fourth-order valence-electron chi connectivity index (χ4n) is 1.73. The zero-order chi connectivity index (χ0) is 11.5. The summed E-state index contributed by atoms with van der Waals surface area (Å²) < 4.78 is 4.21. The molecule has 0 aliphatic heterocycles. The van der Waals surface area contributed by atoms with Gasteiger partial charge in [-0.25, -0.2) is 4.98 Å². The van der Waals surface area contributed by atoms with Gasteiger partial charge in [-0.2, -0.15) is 0 Å². The molecular weight excluding hydrogens is 200 g/mol. The molecule has 86 valence electrons. The van der Waals surface area contributed by atoms with E-state index in [4.69, 9.17) is 5.73 Å². The molecule has 0 bridgehead atoms. The van der Waals surface area contributed by atoms with E-state index >= 15 is 0 Å². The molecule has 2 aromatic rings. The molecule has 0 fully saturated rings. The van der Waals surface area contributed by atoms with Crippen LogP contribution in [0.3, 0.4) is 0 Å². The van der Waals surface area contributed by atoms with Crippen LogP contribution in [0.1, 0.15) is 24.4 Å². The van der Waals surface area contributed by atoms with Crippen LogP contribution in [0.15, 0.2) is 30.9 Å². The quantitative estimate of drug-likeness (QED) is 0.845. The van der Waals surface area contributed by atoms with Crippen molar-refractivity contribution in [3.8, 4) is 0 Å². The first-order valence-corrected chi connectivity index (χ1v) is 5.54. The Balaban J connectivity index is 1.97. The minimum atomic E-state index is 0.106. The van der Waals surface area contributed by atoms with Crippen LogP contribution in [0.2, 0.25) is 0 Å². The molecule has 0 spiro atoms. The molecule has 0 saturated heterocycles. The molecule has 0 aliphatic rings. The van der Waals surface area contributed by atoms with Gasteiger partial charge in [-0.15, -0.1) is 0 Å². The summed E-state index contributed by atoms with van der Waals surface area (Å²) in [4.78, 5) is 4.30. The van der Waals surface area contributed by atoms with E-state index in [1.807, 2.05) is 26.4 Å². The van der Waals surface area contributed by atoms with Crippen LogP contribution in [0, 0.1) is 0 Å². The van der Waals surface area contributed by atoms with Crippen LogP contribution in [0.5, 0.6) is 0 Å². The summed E-state index contributed by atoms with van der Waals surface area (Å²) >= 11 is 0. The molecule has 0 saturated carbocycles. The van der Waals surface area contributed by atoms with E-state index < -0.39 is 0 Å². The van der Waals surface area contributed by atoms with Crippen molar-refractivity contribution in [2.45, 2.75) is 25.9 Å². The van der Waals surface area contributed by atoms with E-state index in [1.54, 1.807) is 0 Å². The fraction of sp³-hybridized carbons (Fsp3) is 0.417. The van der Waals surface area contributed by atoms with Crippen LogP contribution in [0.25, 0.3) is 0 Å². The molecule has 2 heterocycles. The van der Waals surface area contributed by atoms with Crippen molar-refractivity contribution in [3.05, 3.63) is 42.2 Å². The van der Waals surface area contributed by atoms with Crippen molar-refractivity contribution in [1.29, 1.82) is 0 Å². The van der Waals surface area contributed by atoms with Gasteiger partial charge < -0.3 is 14.9 Å². The zero-order valence-corrected chi connectivity index (χ0v) is 9.80. The van der Waals surface area contributed by atoms with E-state index in [0.717, 1.165) is 18.8 Å². The molecule has 0 amide bonds. The molecule has 1 atom stereocenters. The lowest BCUT2D eigenvalue weighted by molar-refractivity contribution is 0.650.